The number of benzene rings is 2. The third-order valence-corrected chi connectivity index (χ3v) is 5.10. The first kappa shape index (κ1) is 19.1. The third-order valence-electron chi connectivity index (χ3n) is 5.10. The van der Waals surface area contributed by atoms with Crippen molar-refractivity contribution in [1.29, 1.82) is 0 Å². The number of halogens is 1. The van der Waals surface area contributed by atoms with Gasteiger partial charge in [-0.05, 0) is 24.6 Å². The Bertz CT molecular complexity index is 1000. The summed E-state index contributed by atoms with van der Waals surface area (Å²) >= 11 is 0. The van der Waals surface area contributed by atoms with Gasteiger partial charge >= 0.3 is 0 Å². The van der Waals surface area contributed by atoms with Crippen molar-refractivity contribution >= 4 is 5.91 Å². The molecule has 3 aromatic rings. The number of nitrogens with zero attached hydrogens (tertiary/aromatic N) is 2. The van der Waals surface area contributed by atoms with E-state index in [1.165, 1.54) is 10.7 Å². The third kappa shape index (κ3) is 4.00. The number of aromatic nitrogens is 2. The van der Waals surface area contributed by atoms with Gasteiger partial charge in [-0.25, -0.2) is 9.07 Å². The monoisotopic (exact) mass is 395 g/mol. The number of rotatable bonds is 6. The van der Waals surface area contributed by atoms with Crippen LogP contribution in [0.3, 0.4) is 0 Å². The van der Waals surface area contributed by atoms with Crippen LogP contribution >= 0.6 is 0 Å². The number of hydrogen-bond donors (Lipinski definition) is 1. The van der Waals surface area contributed by atoms with Gasteiger partial charge in [0, 0.05) is 30.5 Å². The van der Waals surface area contributed by atoms with Gasteiger partial charge in [-0.2, -0.15) is 5.10 Å². The van der Waals surface area contributed by atoms with Crippen molar-refractivity contribution in [1.82, 2.24) is 15.1 Å². The predicted octanol–water partition coefficient (Wildman–Crippen LogP) is 3.41. The second-order valence-electron chi connectivity index (χ2n) is 6.89. The minimum absolute atomic E-state index is 0.0861. The van der Waals surface area contributed by atoms with Gasteiger partial charge in [-0.3, -0.25) is 4.79 Å². The molecule has 0 spiro atoms. The van der Waals surface area contributed by atoms with Gasteiger partial charge in [-0.1, -0.05) is 30.3 Å². The molecule has 4 rings (SSSR count). The van der Waals surface area contributed by atoms with Crippen LogP contribution < -0.4 is 10.1 Å². The topological polar surface area (TPSA) is 65.4 Å². The molecule has 1 saturated heterocycles. The van der Waals surface area contributed by atoms with Crippen molar-refractivity contribution in [2.75, 3.05) is 13.7 Å². The lowest BCUT2D eigenvalue weighted by Crippen LogP contribution is -2.32. The average molecular weight is 395 g/mol. The zero-order valence-corrected chi connectivity index (χ0v) is 16.0. The largest absolute Gasteiger partial charge is 0.496 e. The van der Waals surface area contributed by atoms with E-state index in [9.17, 15) is 9.18 Å². The van der Waals surface area contributed by atoms with E-state index in [1.807, 2.05) is 24.3 Å². The highest BCUT2D eigenvalue weighted by atomic mass is 19.1. The number of amides is 1. The number of nitrogens with one attached hydrogen (secondary N) is 1. The number of carbonyl (C=O) groups excluding carboxylic acids is 1. The Labute approximate surface area is 168 Å². The molecule has 1 aliphatic heterocycles. The maximum Gasteiger partial charge on any atom is 0.226 e. The van der Waals surface area contributed by atoms with Gasteiger partial charge in [0.2, 0.25) is 5.91 Å². The lowest BCUT2D eigenvalue weighted by Gasteiger charge is -2.17. The van der Waals surface area contributed by atoms with Crippen molar-refractivity contribution in [2.24, 2.45) is 5.92 Å². The highest BCUT2D eigenvalue weighted by molar-refractivity contribution is 5.79. The number of methoxy groups -OCH3 is 1. The van der Waals surface area contributed by atoms with E-state index >= 15 is 0 Å². The first-order valence-electron chi connectivity index (χ1n) is 9.48. The summed E-state index contributed by atoms with van der Waals surface area (Å²) in [5, 5.41) is 7.23. The molecule has 0 radical (unpaired) electrons. The molecule has 0 saturated carbocycles. The summed E-state index contributed by atoms with van der Waals surface area (Å²) in [7, 11) is 1.61. The summed E-state index contributed by atoms with van der Waals surface area (Å²) < 4.78 is 26.6. The molecule has 0 aliphatic carbocycles. The molecule has 1 amide bonds. The lowest BCUT2D eigenvalue weighted by molar-refractivity contribution is -0.126. The molecule has 29 heavy (non-hydrogen) atoms. The van der Waals surface area contributed by atoms with Gasteiger partial charge in [0.25, 0.3) is 0 Å². The van der Waals surface area contributed by atoms with Gasteiger partial charge in [0.1, 0.15) is 17.3 Å². The molecule has 2 heterocycles. The summed E-state index contributed by atoms with van der Waals surface area (Å²) in [5.74, 6) is -0.0428. The number of ether oxygens (including phenoxy) is 2. The van der Waals surface area contributed by atoms with E-state index in [0.717, 1.165) is 16.9 Å². The fraction of sp³-hybridized carbons (Fsp3) is 0.273. The second kappa shape index (κ2) is 8.45. The standard InChI is InChI=1S/C22H22FN3O3/c1-28-20-9-5-2-6-15(20)12-24-22(27)17-10-11-29-21(17)16-13-25-26(14-16)19-8-4-3-7-18(19)23/h2-9,13-14,17,21H,10-12H2,1H3,(H,24,27)/t17-,21+/m0/s1. The molecule has 1 N–H and O–H groups in total. The van der Waals surface area contributed by atoms with E-state index < -0.39 is 6.10 Å². The first-order chi connectivity index (χ1) is 14.2. The number of carbonyl (C=O) groups is 1. The van der Waals surface area contributed by atoms with Crippen molar-refractivity contribution < 1.29 is 18.7 Å². The summed E-state index contributed by atoms with van der Waals surface area (Å²) in [6, 6.07) is 14.0. The van der Waals surface area contributed by atoms with Crippen molar-refractivity contribution in [3.8, 4) is 11.4 Å². The summed E-state index contributed by atoms with van der Waals surface area (Å²) in [6.07, 6.45) is 3.55. The van der Waals surface area contributed by atoms with Crippen LogP contribution in [0.5, 0.6) is 5.75 Å². The minimum Gasteiger partial charge on any atom is -0.496 e. The van der Waals surface area contributed by atoms with Gasteiger partial charge in [0.05, 0.1) is 25.3 Å². The SMILES string of the molecule is COc1ccccc1CNC(=O)[C@H]1CCO[C@@H]1c1cnn(-c2ccccc2F)c1. The quantitative estimate of drug-likeness (QED) is 0.695. The molecule has 2 aromatic carbocycles. The molecule has 1 aromatic heterocycles. The zero-order chi connectivity index (χ0) is 20.2. The maximum atomic E-state index is 14.0. The molecular formula is C22H22FN3O3. The molecule has 150 valence electrons. The van der Waals surface area contributed by atoms with Gasteiger partial charge in [0.15, 0.2) is 0 Å². The van der Waals surface area contributed by atoms with Crippen LogP contribution in [0.4, 0.5) is 4.39 Å². The molecule has 1 fully saturated rings. The van der Waals surface area contributed by atoms with E-state index in [-0.39, 0.29) is 17.6 Å². The van der Waals surface area contributed by atoms with Crippen molar-refractivity contribution in [3.63, 3.8) is 0 Å². The summed E-state index contributed by atoms with van der Waals surface area (Å²) in [6.45, 7) is 0.864. The van der Waals surface area contributed by atoms with Gasteiger partial charge in [-0.15, -0.1) is 0 Å². The molecule has 2 atom stereocenters. The van der Waals surface area contributed by atoms with Crippen LogP contribution in [0.25, 0.3) is 5.69 Å². The van der Waals surface area contributed by atoms with Crippen LogP contribution in [-0.2, 0) is 16.1 Å². The van der Waals surface area contributed by atoms with Crippen molar-refractivity contribution in [2.45, 2.75) is 19.1 Å². The minimum atomic E-state index is -0.409. The predicted molar refractivity (Wildman–Crippen MR) is 105 cm³/mol. The second-order valence-corrected chi connectivity index (χ2v) is 6.89. The van der Waals surface area contributed by atoms with E-state index in [0.29, 0.717) is 25.3 Å². The van der Waals surface area contributed by atoms with E-state index in [1.54, 1.807) is 37.7 Å². The number of hydrogen-bond acceptors (Lipinski definition) is 4. The molecule has 6 nitrogen and oxygen atoms in total. The summed E-state index contributed by atoms with van der Waals surface area (Å²) in [5.41, 5.74) is 2.02. The Kier molecular flexibility index (Phi) is 5.57. The maximum absolute atomic E-state index is 14.0. The normalized spacial score (nSPS) is 18.6. The van der Waals surface area contributed by atoms with Crippen LogP contribution in [0.15, 0.2) is 60.9 Å². The molecular weight excluding hydrogens is 373 g/mol. The highest BCUT2D eigenvalue weighted by Gasteiger charge is 2.36. The van der Waals surface area contributed by atoms with E-state index in [4.69, 9.17) is 9.47 Å². The number of para-hydroxylation sites is 2. The Morgan fingerprint density at radius 2 is 2.07 bits per heavy atom. The Morgan fingerprint density at radius 1 is 1.28 bits per heavy atom. The Hall–Kier alpha value is -3.19. The van der Waals surface area contributed by atoms with Crippen LogP contribution in [0, 0.1) is 11.7 Å². The lowest BCUT2D eigenvalue weighted by atomic mass is 9.96. The summed E-state index contributed by atoms with van der Waals surface area (Å²) in [4.78, 5) is 12.8. The Balaban J connectivity index is 1.46. The highest BCUT2D eigenvalue weighted by Crippen LogP contribution is 2.35. The zero-order valence-electron chi connectivity index (χ0n) is 16.0. The molecule has 0 bridgehead atoms. The Morgan fingerprint density at radius 3 is 2.90 bits per heavy atom. The van der Waals surface area contributed by atoms with E-state index in [2.05, 4.69) is 10.4 Å². The van der Waals surface area contributed by atoms with Crippen LogP contribution in [-0.4, -0.2) is 29.4 Å². The fourth-order valence-corrected chi connectivity index (χ4v) is 3.60. The van der Waals surface area contributed by atoms with Crippen LogP contribution in [0.2, 0.25) is 0 Å². The molecule has 0 unspecified atom stereocenters. The molecule has 7 heteroatoms. The van der Waals surface area contributed by atoms with Crippen LogP contribution in [0.1, 0.15) is 23.7 Å². The smallest absolute Gasteiger partial charge is 0.226 e. The average Bonchev–Trinajstić information content (AvgIpc) is 3.42. The van der Waals surface area contributed by atoms with Gasteiger partial charge < -0.3 is 14.8 Å². The fourth-order valence-electron chi connectivity index (χ4n) is 3.60. The molecule has 1 aliphatic rings. The first-order valence-corrected chi connectivity index (χ1v) is 9.48. The van der Waals surface area contributed by atoms with Crippen molar-refractivity contribution in [3.05, 3.63) is 77.9 Å².